The second-order valence-corrected chi connectivity index (χ2v) is 8.19. The van der Waals surface area contributed by atoms with Crippen LogP contribution in [0.3, 0.4) is 0 Å². The van der Waals surface area contributed by atoms with Crippen LogP contribution in [0, 0.1) is 24.1 Å². The summed E-state index contributed by atoms with van der Waals surface area (Å²) in [4.78, 5) is 17.2. The van der Waals surface area contributed by atoms with E-state index < -0.39 is 17.4 Å². The molecule has 1 unspecified atom stereocenters. The zero-order chi connectivity index (χ0) is 24.0. The average Bonchev–Trinajstić information content (AvgIpc) is 2.84. The number of halogens is 2. The van der Waals surface area contributed by atoms with E-state index in [2.05, 4.69) is 16.4 Å². The molecule has 1 atom stereocenters. The van der Waals surface area contributed by atoms with Crippen molar-refractivity contribution in [2.75, 3.05) is 7.05 Å². The number of benzene rings is 2. The van der Waals surface area contributed by atoms with Crippen molar-refractivity contribution in [1.29, 1.82) is 5.26 Å². The quantitative estimate of drug-likeness (QED) is 0.315. The van der Waals surface area contributed by atoms with E-state index in [1.165, 1.54) is 6.07 Å². The second kappa shape index (κ2) is 8.32. The number of aryl methyl sites for hydroxylation is 1. The number of fused-ring (bicyclic) bond motifs is 3. The minimum atomic E-state index is -1.02. The van der Waals surface area contributed by atoms with Crippen LogP contribution in [-0.4, -0.2) is 12.0 Å². The average molecular weight is 474 g/mol. The van der Waals surface area contributed by atoms with E-state index in [0.29, 0.717) is 27.2 Å². The highest BCUT2D eigenvalue weighted by molar-refractivity contribution is 6.30. The lowest BCUT2D eigenvalue weighted by Crippen LogP contribution is -2.28. The highest BCUT2D eigenvalue weighted by Gasteiger charge is 2.37. The van der Waals surface area contributed by atoms with E-state index in [1.54, 1.807) is 49.6 Å². The van der Waals surface area contributed by atoms with Gasteiger partial charge in [0.15, 0.2) is 5.75 Å². The lowest BCUT2D eigenvalue weighted by Gasteiger charge is -2.27. The van der Waals surface area contributed by atoms with E-state index in [1.807, 2.05) is 13.0 Å². The van der Waals surface area contributed by atoms with Crippen LogP contribution in [0.1, 0.15) is 22.6 Å². The molecule has 0 saturated heterocycles. The first kappa shape index (κ1) is 21.7. The first-order valence-corrected chi connectivity index (χ1v) is 10.8. The van der Waals surface area contributed by atoms with Gasteiger partial charge in [-0.2, -0.15) is 5.26 Å². The molecule has 1 aliphatic rings. The SMILES string of the molecule is CNC1=C(C#N)C(c2ccc(-c3cnc(Cl)c(C)c3)cc2F)c2c(c3ccccc3oc2=O)O1. The van der Waals surface area contributed by atoms with Gasteiger partial charge in [-0.15, -0.1) is 0 Å². The molecule has 1 N–H and O–H groups in total. The number of pyridine rings is 1. The van der Waals surface area contributed by atoms with E-state index in [9.17, 15) is 10.1 Å². The van der Waals surface area contributed by atoms with Crippen molar-refractivity contribution < 1.29 is 13.5 Å². The maximum atomic E-state index is 15.6. The fraction of sp³-hybridized carbons (Fsp3) is 0.115. The third-order valence-electron chi connectivity index (χ3n) is 5.83. The molecule has 4 aromatic rings. The number of aromatic nitrogens is 1. The summed E-state index contributed by atoms with van der Waals surface area (Å²) in [6, 6.07) is 15.4. The van der Waals surface area contributed by atoms with Gasteiger partial charge in [-0.05, 0) is 42.3 Å². The van der Waals surface area contributed by atoms with E-state index in [0.717, 1.165) is 5.56 Å². The number of hydrogen-bond donors (Lipinski definition) is 1. The van der Waals surface area contributed by atoms with Gasteiger partial charge < -0.3 is 14.5 Å². The molecule has 2 aromatic heterocycles. The number of allylic oxidation sites excluding steroid dienone is 1. The number of hydrogen-bond acceptors (Lipinski definition) is 6. The molecule has 5 rings (SSSR count). The Morgan fingerprint density at radius 2 is 1.97 bits per heavy atom. The highest BCUT2D eigenvalue weighted by Crippen LogP contribution is 2.44. The minimum absolute atomic E-state index is 0.0740. The second-order valence-electron chi connectivity index (χ2n) is 7.84. The molecule has 0 spiro atoms. The fourth-order valence-corrected chi connectivity index (χ4v) is 4.30. The zero-order valence-electron chi connectivity index (χ0n) is 18.1. The van der Waals surface area contributed by atoms with Crippen LogP contribution in [0.25, 0.3) is 22.1 Å². The van der Waals surface area contributed by atoms with Gasteiger partial charge in [-0.1, -0.05) is 35.9 Å². The lowest BCUT2D eigenvalue weighted by atomic mass is 9.83. The van der Waals surface area contributed by atoms with Gasteiger partial charge in [0.25, 0.3) is 0 Å². The topological polar surface area (TPSA) is 88.2 Å². The van der Waals surface area contributed by atoms with E-state index >= 15 is 4.39 Å². The molecule has 0 amide bonds. The molecule has 168 valence electrons. The number of nitriles is 1. The fourth-order valence-electron chi connectivity index (χ4n) is 4.20. The zero-order valence-corrected chi connectivity index (χ0v) is 18.9. The number of nitrogens with zero attached hydrogens (tertiary/aromatic N) is 2. The standard InChI is InChI=1S/C26H17ClFN3O3/c1-13-9-15(12-31-24(13)27)14-7-8-16(19(28)10-14)21-18(11-29)25(30-2)34-23-17-5-3-4-6-20(17)33-26(32)22(21)23/h3-10,12,21,30H,1-2H3. The summed E-state index contributed by atoms with van der Waals surface area (Å²) >= 11 is 6.01. The molecule has 0 fully saturated rings. The van der Waals surface area contributed by atoms with Crippen LogP contribution in [0.5, 0.6) is 5.75 Å². The van der Waals surface area contributed by atoms with Gasteiger partial charge >= 0.3 is 5.63 Å². The molecule has 6 nitrogen and oxygen atoms in total. The van der Waals surface area contributed by atoms with Crippen LogP contribution < -0.4 is 15.7 Å². The molecule has 34 heavy (non-hydrogen) atoms. The molecule has 0 aliphatic carbocycles. The van der Waals surface area contributed by atoms with Crippen LogP contribution in [0.2, 0.25) is 5.15 Å². The van der Waals surface area contributed by atoms with Crippen molar-refractivity contribution in [2.24, 2.45) is 0 Å². The summed E-state index contributed by atoms with van der Waals surface area (Å²) in [7, 11) is 1.59. The smallest absolute Gasteiger partial charge is 0.344 e. The van der Waals surface area contributed by atoms with Crippen molar-refractivity contribution in [2.45, 2.75) is 12.8 Å². The Morgan fingerprint density at radius 1 is 1.18 bits per heavy atom. The maximum absolute atomic E-state index is 15.6. The Morgan fingerprint density at radius 3 is 2.68 bits per heavy atom. The monoisotopic (exact) mass is 473 g/mol. The van der Waals surface area contributed by atoms with Crippen LogP contribution in [0.4, 0.5) is 4.39 Å². The van der Waals surface area contributed by atoms with Crippen LogP contribution >= 0.6 is 11.6 Å². The molecule has 1 aliphatic heterocycles. The molecular weight excluding hydrogens is 457 g/mol. The van der Waals surface area contributed by atoms with Gasteiger partial charge in [-0.3, -0.25) is 0 Å². The van der Waals surface area contributed by atoms with Crippen molar-refractivity contribution in [3.05, 3.63) is 104 Å². The number of para-hydroxylation sites is 1. The Kier molecular flexibility index (Phi) is 5.31. The Labute approximate surface area is 198 Å². The molecular formula is C26H17ClFN3O3. The largest absolute Gasteiger partial charge is 0.439 e. The van der Waals surface area contributed by atoms with Crippen LogP contribution in [-0.2, 0) is 0 Å². The molecule has 3 heterocycles. The van der Waals surface area contributed by atoms with Gasteiger partial charge in [0.05, 0.1) is 16.9 Å². The molecule has 0 bridgehead atoms. The summed E-state index contributed by atoms with van der Waals surface area (Å²) in [5.74, 6) is -1.21. The number of rotatable bonds is 3. The minimum Gasteiger partial charge on any atom is -0.439 e. The Balaban J connectivity index is 1.74. The van der Waals surface area contributed by atoms with Gasteiger partial charge in [0, 0.05) is 24.4 Å². The molecule has 0 saturated carbocycles. The van der Waals surface area contributed by atoms with E-state index in [-0.39, 0.29) is 28.3 Å². The van der Waals surface area contributed by atoms with E-state index in [4.69, 9.17) is 20.8 Å². The Hall–Kier alpha value is -4.15. The third-order valence-corrected chi connectivity index (χ3v) is 6.23. The summed E-state index contributed by atoms with van der Waals surface area (Å²) < 4.78 is 27.0. The van der Waals surface area contributed by atoms with Crippen molar-refractivity contribution in [1.82, 2.24) is 10.3 Å². The van der Waals surface area contributed by atoms with Gasteiger partial charge in [-0.25, -0.2) is 14.2 Å². The van der Waals surface area contributed by atoms with Crippen molar-refractivity contribution in [3.8, 4) is 22.9 Å². The molecule has 0 radical (unpaired) electrons. The summed E-state index contributed by atoms with van der Waals surface area (Å²) in [6.45, 7) is 1.81. The summed E-state index contributed by atoms with van der Waals surface area (Å²) in [5, 5.41) is 13.7. The number of nitrogens with one attached hydrogen (secondary N) is 1. The summed E-state index contributed by atoms with van der Waals surface area (Å²) in [6.07, 6.45) is 1.56. The molecule has 8 heteroatoms. The maximum Gasteiger partial charge on any atom is 0.344 e. The lowest BCUT2D eigenvalue weighted by molar-refractivity contribution is 0.363. The number of ether oxygens (including phenoxy) is 1. The van der Waals surface area contributed by atoms with Gasteiger partial charge in [0.1, 0.15) is 28.2 Å². The first-order chi connectivity index (χ1) is 16.4. The van der Waals surface area contributed by atoms with Crippen LogP contribution in [0.15, 0.2) is 75.4 Å². The van der Waals surface area contributed by atoms with Gasteiger partial charge in [0.2, 0.25) is 5.88 Å². The summed E-state index contributed by atoms with van der Waals surface area (Å²) in [5.41, 5.74) is 1.99. The predicted molar refractivity (Wildman–Crippen MR) is 126 cm³/mol. The Bertz CT molecular complexity index is 1600. The van der Waals surface area contributed by atoms with Crippen molar-refractivity contribution in [3.63, 3.8) is 0 Å². The molecule has 2 aromatic carbocycles. The normalized spacial score (nSPS) is 15.0. The predicted octanol–water partition coefficient (Wildman–Crippen LogP) is 5.43. The highest BCUT2D eigenvalue weighted by atomic mass is 35.5. The third kappa shape index (κ3) is 3.40. The first-order valence-electron chi connectivity index (χ1n) is 10.4. The van der Waals surface area contributed by atoms with Crippen molar-refractivity contribution >= 4 is 22.6 Å².